The predicted octanol–water partition coefficient (Wildman–Crippen LogP) is 0.0817. The second-order valence-electron chi connectivity index (χ2n) is 7.22. The van der Waals surface area contributed by atoms with Crippen LogP contribution in [0.3, 0.4) is 0 Å². The Hall–Kier alpha value is -3.67. The normalized spacial score (nSPS) is 24.2. The molecule has 1 aromatic carbocycles. The fourth-order valence-corrected chi connectivity index (χ4v) is 3.19. The molecule has 12 nitrogen and oxygen atoms in total. The topological polar surface area (TPSA) is 170 Å². The minimum atomic E-state index is -1.46. The number of amides is 1. The van der Waals surface area contributed by atoms with Gasteiger partial charge in [0.15, 0.2) is 12.2 Å². The number of anilines is 1. The third-order valence-electron chi connectivity index (χ3n) is 4.45. The van der Waals surface area contributed by atoms with E-state index in [1.54, 1.807) is 0 Å². The van der Waals surface area contributed by atoms with Gasteiger partial charge in [-0.3, -0.25) is 24.0 Å². The molecule has 1 aliphatic heterocycles. The van der Waals surface area contributed by atoms with Crippen molar-refractivity contribution in [3.05, 3.63) is 29.8 Å². The Kier molecular flexibility index (Phi) is 8.74. The van der Waals surface area contributed by atoms with Crippen molar-refractivity contribution in [2.75, 3.05) is 12.3 Å². The van der Waals surface area contributed by atoms with Gasteiger partial charge in [0, 0.05) is 38.9 Å². The van der Waals surface area contributed by atoms with Crippen molar-refractivity contribution < 1.29 is 47.7 Å². The molecule has 0 saturated carbocycles. The van der Waals surface area contributed by atoms with Crippen LogP contribution in [0.5, 0.6) is 0 Å². The largest absolute Gasteiger partial charge is 0.463 e. The lowest BCUT2D eigenvalue weighted by Gasteiger charge is -2.44. The maximum absolute atomic E-state index is 12.8. The zero-order valence-electron chi connectivity index (χ0n) is 18.6. The molecule has 1 aromatic rings. The first-order chi connectivity index (χ1) is 15.5. The van der Waals surface area contributed by atoms with Crippen LogP contribution in [0.25, 0.3) is 0 Å². The summed E-state index contributed by atoms with van der Waals surface area (Å²) >= 11 is 0. The number of nitrogens with one attached hydrogen (secondary N) is 1. The summed E-state index contributed by atoms with van der Waals surface area (Å²) in [6.07, 6.45) is -5.27. The molecule has 1 amide bonds. The molecule has 12 heteroatoms. The number of nitrogens with two attached hydrogens (primary N) is 1. The zero-order valence-corrected chi connectivity index (χ0v) is 18.6. The number of nitrogen functional groups attached to an aromatic ring is 1. The molecule has 2 rings (SSSR count). The lowest BCUT2D eigenvalue weighted by Crippen LogP contribution is -2.67. The summed E-state index contributed by atoms with van der Waals surface area (Å²) in [5.74, 6) is -3.54. The number of carbonyl (C=O) groups is 5. The smallest absolute Gasteiger partial charge is 0.305 e. The van der Waals surface area contributed by atoms with E-state index < -0.39 is 67.0 Å². The van der Waals surface area contributed by atoms with Crippen LogP contribution in [0.2, 0.25) is 0 Å². The van der Waals surface area contributed by atoms with Crippen LogP contribution in [0.1, 0.15) is 38.1 Å². The van der Waals surface area contributed by atoms with Crippen molar-refractivity contribution >= 4 is 35.5 Å². The predicted molar refractivity (Wildman–Crippen MR) is 110 cm³/mol. The number of benzene rings is 1. The monoisotopic (exact) mass is 466 g/mol. The van der Waals surface area contributed by atoms with Crippen LogP contribution in [-0.4, -0.2) is 67.0 Å². The maximum Gasteiger partial charge on any atom is 0.305 e. The Bertz CT molecular complexity index is 901. The lowest BCUT2D eigenvalue weighted by atomic mass is 9.95. The standard InChI is InChI=1S/C21H26N2O10/c1-10(24)29-9-16-18(30-11(2)25)19(31-12(3)26)17(21(33-16)32-13(4)27)23-20(28)14-5-7-15(22)8-6-14/h5-8,16-19,21H,9,22H2,1-4H3,(H,23,28). The number of hydrogen-bond donors (Lipinski definition) is 2. The highest BCUT2D eigenvalue weighted by atomic mass is 16.7. The van der Waals surface area contributed by atoms with Gasteiger partial charge in [0.2, 0.25) is 6.29 Å². The second-order valence-corrected chi connectivity index (χ2v) is 7.22. The van der Waals surface area contributed by atoms with E-state index in [0.717, 1.165) is 27.7 Å². The van der Waals surface area contributed by atoms with E-state index >= 15 is 0 Å². The van der Waals surface area contributed by atoms with Crippen LogP contribution in [0.15, 0.2) is 24.3 Å². The molecular weight excluding hydrogens is 440 g/mol. The first kappa shape index (κ1) is 25.6. The Morgan fingerprint density at radius 1 is 0.848 bits per heavy atom. The highest BCUT2D eigenvalue weighted by Crippen LogP contribution is 2.28. The van der Waals surface area contributed by atoms with Gasteiger partial charge in [-0.1, -0.05) is 0 Å². The molecule has 33 heavy (non-hydrogen) atoms. The molecule has 1 heterocycles. The quantitative estimate of drug-likeness (QED) is 0.317. The lowest BCUT2D eigenvalue weighted by molar-refractivity contribution is -0.270. The van der Waals surface area contributed by atoms with Gasteiger partial charge in [-0.05, 0) is 24.3 Å². The van der Waals surface area contributed by atoms with Gasteiger partial charge in [0.25, 0.3) is 5.91 Å². The van der Waals surface area contributed by atoms with Gasteiger partial charge in [-0.2, -0.15) is 0 Å². The summed E-state index contributed by atoms with van der Waals surface area (Å²) < 4.78 is 26.5. The number of carbonyl (C=O) groups excluding carboxylic acids is 5. The maximum atomic E-state index is 12.8. The molecule has 0 spiro atoms. The van der Waals surface area contributed by atoms with Crippen molar-refractivity contribution in [2.45, 2.75) is 58.3 Å². The third kappa shape index (κ3) is 7.45. The highest BCUT2D eigenvalue weighted by Gasteiger charge is 2.52. The van der Waals surface area contributed by atoms with Crippen LogP contribution in [-0.2, 0) is 42.9 Å². The fourth-order valence-electron chi connectivity index (χ4n) is 3.19. The fraction of sp³-hybridized carbons (Fsp3) is 0.476. The van der Waals surface area contributed by atoms with Crippen LogP contribution in [0.4, 0.5) is 5.69 Å². The second kappa shape index (κ2) is 11.3. The van der Waals surface area contributed by atoms with Gasteiger partial charge >= 0.3 is 23.9 Å². The van der Waals surface area contributed by atoms with Crippen molar-refractivity contribution in [1.82, 2.24) is 5.32 Å². The molecule has 5 unspecified atom stereocenters. The van der Waals surface area contributed by atoms with Gasteiger partial charge in [0.05, 0.1) is 0 Å². The SMILES string of the molecule is CC(=O)OCC1OC(OC(C)=O)C(NC(=O)c2ccc(N)cc2)C(OC(C)=O)C1OC(C)=O. The zero-order chi connectivity index (χ0) is 24.7. The summed E-state index contributed by atoms with van der Waals surface area (Å²) in [4.78, 5) is 59.5. The minimum absolute atomic E-state index is 0.207. The number of ether oxygens (including phenoxy) is 5. The summed E-state index contributed by atoms with van der Waals surface area (Å²) in [7, 11) is 0. The highest BCUT2D eigenvalue weighted by molar-refractivity contribution is 5.94. The van der Waals surface area contributed by atoms with Crippen LogP contribution < -0.4 is 11.1 Å². The van der Waals surface area contributed by atoms with E-state index in [-0.39, 0.29) is 5.56 Å². The number of hydrogen-bond acceptors (Lipinski definition) is 11. The van der Waals surface area contributed by atoms with Gasteiger partial charge in [0.1, 0.15) is 18.8 Å². The van der Waals surface area contributed by atoms with E-state index in [4.69, 9.17) is 29.4 Å². The molecule has 1 fully saturated rings. The first-order valence-electron chi connectivity index (χ1n) is 9.94. The third-order valence-corrected chi connectivity index (χ3v) is 4.45. The van der Waals surface area contributed by atoms with Crippen molar-refractivity contribution in [2.24, 2.45) is 0 Å². The molecule has 0 bridgehead atoms. The van der Waals surface area contributed by atoms with Crippen molar-refractivity contribution in [3.8, 4) is 0 Å². The molecule has 0 radical (unpaired) electrons. The molecule has 180 valence electrons. The van der Waals surface area contributed by atoms with Crippen LogP contribution >= 0.6 is 0 Å². The van der Waals surface area contributed by atoms with Crippen molar-refractivity contribution in [1.29, 1.82) is 0 Å². The molecule has 0 aliphatic carbocycles. The Balaban J connectivity index is 2.44. The summed E-state index contributed by atoms with van der Waals surface area (Å²) in [5.41, 5.74) is 6.29. The summed E-state index contributed by atoms with van der Waals surface area (Å²) in [6, 6.07) is 4.67. The molecule has 5 atom stereocenters. The van der Waals surface area contributed by atoms with Gasteiger partial charge in [-0.15, -0.1) is 0 Å². The van der Waals surface area contributed by atoms with E-state index in [0.29, 0.717) is 5.69 Å². The minimum Gasteiger partial charge on any atom is -0.463 e. The van der Waals surface area contributed by atoms with Crippen molar-refractivity contribution in [3.63, 3.8) is 0 Å². The Morgan fingerprint density at radius 3 is 1.91 bits per heavy atom. The molecule has 3 N–H and O–H groups in total. The molecule has 1 aliphatic rings. The van der Waals surface area contributed by atoms with Crippen LogP contribution in [0, 0.1) is 0 Å². The molecular formula is C21H26N2O10. The first-order valence-corrected chi connectivity index (χ1v) is 9.94. The van der Waals surface area contributed by atoms with E-state index in [1.807, 2.05) is 0 Å². The van der Waals surface area contributed by atoms with E-state index in [9.17, 15) is 24.0 Å². The average molecular weight is 466 g/mol. The van der Waals surface area contributed by atoms with E-state index in [2.05, 4.69) is 5.32 Å². The Morgan fingerprint density at radius 2 is 1.39 bits per heavy atom. The van der Waals surface area contributed by atoms with E-state index in [1.165, 1.54) is 24.3 Å². The van der Waals surface area contributed by atoms with Gasteiger partial charge < -0.3 is 34.7 Å². The van der Waals surface area contributed by atoms with Gasteiger partial charge in [-0.25, -0.2) is 0 Å². The summed E-state index contributed by atoms with van der Waals surface area (Å²) in [6.45, 7) is 4.10. The average Bonchev–Trinajstić information content (AvgIpc) is 2.70. The summed E-state index contributed by atoms with van der Waals surface area (Å²) in [5, 5.41) is 2.60. The molecule has 1 saturated heterocycles. The number of rotatable bonds is 7. The molecule has 0 aromatic heterocycles. The number of esters is 4. The Labute approximate surface area is 189 Å².